The second-order valence-electron chi connectivity index (χ2n) is 8.94. The summed E-state index contributed by atoms with van der Waals surface area (Å²) >= 11 is 0. The van der Waals surface area contributed by atoms with Crippen molar-refractivity contribution >= 4 is 11.8 Å². The minimum atomic E-state index is -0.168. The maximum absolute atomic E-state index is 13.2. The van der Waals surface area contributed by atoms with Crippen molar-refractivity contribution in [3.8, 4) is 5.75 Å². The molecule has 2 heterocycles. The van der Waals surface area contributed by atoms with Gasteiger partial charge in [-0.3, -0.25) is 19.5 Å². The van der Waals surface area contributed by atoms with Crippen LogP contribution < -0.4 is 15.4 Å². The number of amides is 2. The topological polar surface area (TPSA) is 83.6 Å². The lowest BCUT2D eigenvalue weighted by Crippen LogP contribution is -2.38. The summed E-state index contributed by atoms with van der Waals surface area (Å²) in [4.78, 5) is 32.1. The molecule has 7 nitrogen and oxygen atoms in total. The predicted molar refractivity (Wildman–Crippen MR) is 129 cm³/mol. The molecule has 0 radical (unpaired) electrons. The van der Waals surface area contributed by atoms with Crippen LogP contribution in [0.25, 0.3) is 0 Å². The van der Waals surface area contributed by atoms with Crippen LogP contribution in [0.4, 0.5) is 0 Å². The molecular formula is C26H36N4O3. The highest BCUT2D eigenvalue weighted by atomic mass is 16.5. The van der Waals surface area contributed by atoms with E-state index in [1.54, 1.807) is 6.20 Å². The fourth-order valence-electron chi connectivity index (χ4n) is 3.80. The maximum atomic E-state index is 13.2. The van der Waals surface area contributed by atoms with Crippen LogP contribution in [-0.2, 0) is 17.9 Å². The van der Waals surface area contributed by atoms with Crippen LogP contribution in [0.15, 0.2) is 42.6 Å². The second kappa shape index (κ2) is 12.9. The minimum Gasteiger partial charge on any atom is -0.493 e. The molecule has 0 saturated carbocycles. The largest absolute Gasteiger partial charge is 0.493 e. The van der Waals surface area contributed by atoms with Crippen molar-refractivity contribution in [2.24, 2.45) is 5.92 Å². The Balaban J connectivity index is 1.85. The first-order valence-corrected chi connectivity index (χ1v) is 11.9. The number of benzene rings is 1. The first-order valence-electron chi connectivity index (χ1n) is 11.9. The Morgan fingerprint density at radius 2 is 2.03 bits per heavy atom. The van der Waals surface area contributed by atoms with Crippen molar-refractivity contribution < 1.29 is 14.3 Å². The van der Waals surface area contributed by atoms with Crippen LogP contribution in [0.3, 0.4) is 0 Å². The van der Waals surface area contributed by atoms with Gasteiger partial charge in [0, 0.05) is 30.4 Å². The van der Waals surface area contributed by atoms with Gasteiger partial charge in [0.25, 0.3) is 5.91 Å². The van der Waals surface area contributed by atoms with Gasteiger partial charge in [0.05, 0.1) is 25.4 Å². The van der Waals surface area contributed by atoms with Crippen LogP contribution in [0.5, 0.6) is 5.75 Å². The molecular weight excluding hydrogens is 416 g/mol. The van der Waals surface area contributed by atoms with E-state index in [2.05, 4.69) is 34.4 Å². The molecule has 0 aliphatic carbocycles. The van der Waals surface area contributed by atoms with E-state index in [0.717, 1.165) is 49.2 Å². The Kier molecular flexibility index (Phi) is 9.69. The zero-order chi connectivity index (χ0) is 23.5. The normalized spacial score (nSPS) is 15.9. The lowest BCUT2D eigenvalue weighted by atomic mass is 10.0. The van der Waals surface area contributed by atoms with Crippen LogP contribution in [0.1, 0.15) is 61.1 Å². The highest BCUT2D eigenvalue weighted by molar-refractivity contribution is 5.96. The van der Waals surface area contributed by atoms with Crippen LogP contribution in [0.2, 0.25) is 0 Å². The second-order valence-corrected chi connectivity index (χ2v) is 8.94. The zero-order valence-corrected chi connectivity index (χ0v) is 19.8. The zero-order valence-electron chi connectivity index (χ0n) is 19.8. The molecule has 1 aliphatic heterocycles. The molecule has 0 bridgehead atoms. The van der Waals surface area contributed by atoms with Gasteiger partial charge >= 0.3 is 0 Å². The molecule has 2 amide bonds. The molecule has 7 heteroatoms. The quantitative estimate of drug-likeness (QED) is 0.701. The number of carbonyl (C=O) groups excluding carboxylic acids is 2. The number of hydrogen-bond donors (Lipinski definition) is 2. The number of hydrogen-bond acceptors (Lipinski definition) is 5. The van der Waals surface area contributed by atoms with Gasteiger partial charge in [-0.05, 0) is 62.4 Å². The lowest BCUT2D eigenvalue weighted by Gasteiger charge is -2.25. The fraction of sp³-hybridized carbons (Fsp3) is 0.500. The van der Waals surface area contributed by atoms with E-state index in [0.29, 0.717) is 44.3 Å². The molecule has 33 heavy (non-hydrogen) atoms. The maximum Gasteiger partial charge on any atom is 0.252 e. The summed E-state index contributed by atoms with van der Waals surface area (Å²) < 4.78 is 6.13. The van der Waals surface area contributed by atoms with Gasteiger partial charge in [-0.25, -0.2) is 0 Å². The predicted octanol–water partition coefficient (Wildman–Crippen LogP) is 3.54. The van der Waals surface area contributed by atoms with Gasteiger partial charge in [0.2, 0.25) is 5.91 Å². The summed E-state index contributed by atoms with van der Waals surface area (Å²) in [6, 6.07) is 11.2. The molecule has 2 N–H and O–H groups in total. The summed E-state index contributed by atoms with van der Waals surface area (Å²) in [5.41, 5.74) is 2.20. The molecule has 0 atom stereocenters. The van der Waals surface area contributed by atoms with E-state index < -0.39 is 0 Å². The number of fused-ring (bicyclic) bond motifs is 1. The molecule has 1 aromatic carbocycles. The van der Waals surface area contributed by atoms with E-state index in [1.807, 2.05) is 36.4 Å². The first-order chi connectivity index (χ1) is 16.0. The number of carbonyl (C=O) groups is 2. The summed E-state index contributed by atoms with van der Waals surface area (Å²) in [7, 11) is 0. The third kappa shape index (κ3) is 8.17. The van der Waals surface area contributed by atoms with Gasteiger partial charge in [-0.2, -0.15) is 0 Å². The molecule has 0 spiro atoms. The molecule has 3 rings (SSSR count). The Morgan fingerprint density at radius 3 is 2.82 bits per heavy atom. The smallest absolute Gasteiger partial charge is 0.252 e. The molecule has 178 valence electrons. The Labute approximate surface area is 196 Å². The van der Waals surface area contributed by atoms with Gasteiger partial charge in [-0.15, -0.1) is 0 Å². The van der Waals surface area contributed by atoms with Crippen molar-refractivity contribution in [2.45, 2.75) is 52.6 Å². The number of ether oxygens (including phenoxy) is 1. The summed E-state index contributed by atoms with van der Waals surface area (Å²) in [5.74, 6) is 1.09. The lowest BCUT2D eigenvalue weighted by molar-refractivity contribution is -0.122. The van der Waals surface area contributed by atoms with E-state index in [4.69, 9.17) is 4.74 Å². The fourth-order valence-corrected chi connectivity index (χ4v) is 3.80. The SMILES string of the molecule is CC(C)CCN1CC(=O)NCCCCCOc2cccc(C(=O)NCc3ccccn3)c2C1. The molecule has 0 saturated heterocycles. The summed E-state index contributed by atoms with van der Waals surface area (Å²) in [6.45, 7) is 7.52. The molecule has 0 unspecified atom stereocenters. The van der Waals surface area contributed by atoms with Crippen LogP contribution >= 0.6 is 0 Å². The van der Waals surface area contributed by atoms with Gasteiger partial charge in [0.1, 0.15) is 5.75 Å². The van der Waals surface area contributed by atoms with Crippen molar-refractivity contribution in [2.75, 3.05) is 26.2 Å². The number of pyridine rings is 1. The monoisotopic (exact) mass is 452 g/mol. The van der Waals surface area contributed by atoms with Crippen molar-refractivity contribution in [1.82, 2.24) is 20.5 Å². The van der Waals surface area contributed by atoms with Crippen molar-refractivity contribution in [3.63, 3.8) is 0 Å². The number of nitrogens with zero attached hydrogens (tertiary/aromatic N) is 2. The Morgan fingerprint density at radius 1 is 1.15 bits per heavy atom. The first kappa shape index (κ1) is 24.7. The van der Waals surface area contributed by atoms with E-state index in [1.165, 1.54) is 0 Å². The Hall–Kier alpha value is -2.93. The average molecular weight is 453 g/mol. The number of aromatic nitrogens is 1. The summed E-state index contributed by atoms with van der Waals surface area (Å²) in [5, 5.41) is 6.01. The molecule has 2 aromatic rings. The third-order valence-corrected chi connectivity index (χ3v) is 5.71. The number of nitrogens with one attached hydrogen (secondary N) is 2. The van der Waals surface area contributed by atoms with Gasteiger partial charge in [0.15, 0.2) is 0 Å². The van der Waals surface area contributed by atoms with E-state index in [-0.39, 0.29) is 11.8 Å². The highest BCUT2D eigenvalue weighted by Gasteiger charge is 2.21. The molecule has 1 aliphatic rings. The van der Waals surface area contributed by atoms with Crippen LogP contribution in [-0.4, -0.2) is 47.9 Å². The number of rotatable bonds is 6. The van der Waals surface area contributed by atoms with E-state index >= 15 is 0 Å². The molecule has 1 aromatic heterocycles. The van der Waals surface area contributed by atoms with Crippen molar-refractivity contribution in [3.05, 3.63) is 59.4 Å². The van der Waals surface area contributed by atoms with Crippen molar-refractivity contribution in [1.29, 1.82) is 0 Å². The molecule has 0 fully saturated rings. The minimum absolute atomic E-state index is 0.0255. The van der Waals surface area contributed by atoms with Gasteiger partial charge < -0.3 is 15.4 Å². The van der Waals surface area contributed by atoms with E-state index in [9.17, 15) is 9.59 Å². The third-order valence-electron chi connectivity index (χ3n) is 5.71. The Bertz CT molecular complexity index is 902. The van der Waals surface area contributed by atoms with Crippen LogP contribution in [0, 0.1) is 5.92 Å². The standard InChI is InChI=1S/C26H36N4O3/c1-20(2)12-15-30-18-23-22(26(32)29-17-21-9-4-6-13-27-21)10-8-11-24(23)33-16-7-3-5-14-28-25(31)19-30/h4,6,8-11,13,20H,3,5,7,12,14-19H2,1-2H3,(H,28,31)(H,29,32). The average Bonchev–Trinajstić information content (AvgIpc) is 2.82. The van der Waals surface area contributed by atoms with Gasteiger partial charge in [-0.1, -0.05) is 26.0 Å². The summed E-state index contributed by atoms with van der Waals surface area (Å²) in [6.07, 6.45) is 5.51. The highest BCUT2D eigenvalue weighted by Crippen LogP contribution is 2.26.